The first-order valence-electron chi connectivity index (χ1n) is 8.56. The molecule has 3 rings (SSSR count). The molecule has 0 aromatic heterocycles. The highest BCUT2D eigenvalue weighted by Crippen LogP contribution is 2.37. The normalized spacial score (nSPS) is 30.1. The zero-order chi connectivity index (χ0) is 14.5. The van der Waals surface area contributed by atoms with Gasteiger partial charge in [0.1, 0.15) is 0 Å². The second-order valence-corrected chi connectivity index (χ2v) is 6.92. The van der Waals surface area contributed by atoms with Crippen molar-refractivity contribution < 1.29 is 9.53 Å². The molecule has 3 heterocycles. The van der Waals surface area contributed by atoms with E-state index in [4.69, 9.17) is 4.74 Å². The third kappa shape index (κ3) is 4.57. The Hall–Kier alpha value is -0.360. The van der Waals surface area contributed by atoms with Gasteiger partial charge >= 0.3 is 0 Å². The molecule has 3 saturated heterocycles. The molecule has 0 saturated carbocycles. The van der Waals surface area contributed by atoms with E-state index >= 15 is 0 Å². The van der Waals surface area contributed by atoms with Crippen LogP contribution in [0.5, 0.6) is 0 Å². The highest BCUT2D eigenvalue weighted by molar-refractivity contribution is 5.85. The topological polar surface area (TPSA) is 44.8 Å². The maximum Gasteiger partial charge on any atom is 0.223 e. The van der Waals surface area contributed by atoms with E-state index in [-0.39, 0.29) is 12.4 Å². The van der Waals surface area contributed by atoms with Gasteiger partial charge in [0.05, 0.1) is 6.61 Å². The van der Waals surface area contributed by atoms with Gasteiger partial charge in [-0.15, -0.1) is 12.4 Å². The monoisotopic (exact) mass is 331 g/mol. The lowest BCUT2D eigenvalue weighted by Gasteiger charge is -2.45. The van der Waals surface area contributed by atoms with E-state index in [1.165, 1.54) is 25.7 Å². The van der Waals surface area contributed by atoms with Gasteiger partial charge in [-0.25, -0.2) is 0 Å². The second kappa shape index (κ2) is 8.48. The number of hydrogen-bond donors (Lipinski definition) is 1. The molecular weight excluding hydrogens is 302 g/mol. The van der Waals surface area contributed by atoms with Crippen molar-refractivity contribution >= 4 is 18.3 Å². The van der Waals surface area contributed by atoms with E-state index in [2.05, 4.69) is 10.2 Å². The van der Waals surface area contributed by atoms with E-state index in [9.17, 15) is 4.79 Å². The number of rotatable bonds is 3. The summed E-state index contributed by atoms with van der Waals surface area (Å²) in [6, 6.07) is 0. The van der Waals surface area contributed by atoms with Crippen molar-refractivity contribution in [3.8, 4) is 0 Å². The average Bonchev–Trinajstić information content (AvgIpc) is 2.54. The minimum absolute atomic E-state index is 0. The Morgan fingerprint density at radius 1 is 1.14 bits per heavy atom. The number of likely N-dealkylation sites (tertiary alicyclic amines) is 1. The Morgan fingerprint density at radius 2 is 1.91 bits per heavy atom. The van der Waals surface area contributed by atoms with Crippen molar-refractivity contribution in [2.45, 2.75) is 32.1 Å². The highest BCUT2D eigenvalue weighted by Gasteiger charge is 2.37. The van der Waals surface area contributed by atoms with Crippen LogP contribution in [0.2, 0.25) is 0 Å². The number of nitrogens with one attached hydrogen (secondary N) is 1. The van der Waals surface area contributed by atoms with Crippen molar-refractivity contribution in [1.29, 1.82) is 0 Å². The Bertz CT molecular complexity index is 350. The van der Waals surface area contributed by atoms with Crippen LogP contribution in [0.15, 0.2) is 0 Å². The van der Waals surface area contributed by atoms with Crippen LogP contribution >= 0.6 is 12.4 Å². The molecule has 3 fully saturated rings. The van der Waals surface area contributed by atoms with Crippen LogP contribution in [0.3, 0.4) is 0 Å². The van der Waals surface area contributed by atoms with Crippen LogP contribution in [-0.2, 0) is 9.53 Å². The molecule has 6 heteroatoms. The molecule has 0 aromatic rings. The number of carbonyl (C=O) groups excluding carboxylic acids is 1. The molecular formula is C16H30ClN3O2. The summed E-state index contributed by atoms with van der Waals surface area (Å²) in [6.07, 6.45) is 5.74. The maximum atomic E-state index is 12.3. The number of halogens is 1. The molecule has 1 N–H and O–H groups in total. The first-order valence-corrected chi connectivity index (χ1v) is 8.56. The van der Waals surface area contributed by atoms with E-state index in [0.29, 0.717) is 17.7 Å². The van der Waals surface area contributed by atoms with Gasteiger partial charge in [-0.05, 0) is 32.2 Å². The van der Waals surface area contributed by atoms with Gasteiger partial charge in [-0.2, -0.15) is 0 Å². The third-order valence-corrected chi connectivity index (χ3v) is 5.26. The van der Waals surface area contributed by atoms with E-state index in [1.54, 1.807) is 0 Å². The van der Waals surface area contributed by atoms with Crippen LogP contribution in [-0.4, -0.2) is 74.7 Å². The van der Waals surface area contributed by atoms with Crippen molar-refractivity contribution in [2.24, 2.45) is 5.41 Å². The third-order valence-electron chi connectivity index (χ3n) is 5.26. The first-order chi connectivity index (χ1) is 10.3. The van der Waals surface area contributed by atoms with E-state index < -0.39 is 0 Å². The zero-order valence-electron chi connectivity index (χ0n) is 13.5. The molecule has 0 aromatic carbocycles. The molecule has 1 spiro atoms. The molecule has 5 nitrogen and oxygen atoms in total. The lowest BCUT2D eigenvalue weighted by atomic mass is 9.76. The van der Waals surface area contributed by atoms with Crippen LogP contribution < -0.4 is 5.32 Å². The van der Waals surface area contributed by atoms with Gasteiger partial charge in [0, 0.05) is 57.7 Å². The van der Waals surface area contributed by atoms with Gasteiger partial charge in [0.2, 0.25) is 5.91 Å². The summed E-state index contributed by atoms with van der Waals surface area (Å²) < 4.78 is 5.72. The number of piperidine rings is 1. The van der Waals surface area contributed by atoms with Crippen LogP contribution in [0.25, 0.3) is 0 Å². The first kappa shape index (κ1) is 18.0. The summed E-state index contributed by atoms with van der Waals surface area (Å²) in [4.78, 5) is 16.8. The summed E-state index contributed by atoms with van der Waals surface area (Å²) in [5.41, 5.74) is 0.384. The smallest absolute Gasteiger partial charge is 0.223 e. The van der Waals surface area contributed by atoms with Crippen LogP contribution in [0.4, 0.5) is 0 Å². The molecule has 22 heavy (non-hydrogen) atoms. The molecule has 1 amide bonds. The predicted octanol–water partition coefficient (Wildman–Crippen LogP) is 1.12. The number of piperazine rings is 1. The Balaban J connectivity index is 0.00000176. The predicted molar refractivity (Wildman–Crippen MR) is 89.5 cm³/mol. The molecule has 1 unspecified atom stereocenters. The van der Waals surface area contributed by atoms with Gasteiger partial charge < -0.3 is 19.9 Å². The summed E-state index contributed by atoms with van der Waals surface area (Å²) in [6.45, 7) is 8.68. The standard InChI is InChI=1S/C16H29N3O2.ClH/c20-15(19-10-6-17-7-11-19)3-9-18-8-1-4-16(13-18)5-2-12-21-14-16;/h17H,1-14H2;1H. The zero-order valence-corrected chi connectivity index (χ0v) is 14.3. The molecule has 128 valence electrons. The van der Waals surface area contributed by atoms with Crippen molar-refractivity contribution in [3.05, 3.63) is 0 Å². The molecule has 3 aliphatic heterocycles. The lowest BCUT2D eigenvalue weighted by Crippen LogP contribution is -2.49. The largest absolute Gasteiger partial charge is 0.381 e. The van der Waals surface area contributed by atoms with Crippen molar-refractivity contribution in [2.75, 3.05) is 59.0 Å². The minimum atomic E-state index is 0. The van der Waals surface area contributed by atoms with Gasteiger partial charge in [0.25, 0.3) is 0 Å². The molecule has 0 aliphatic carbocycles. The highest BCUT2D eigenvalue weighted by atomic mass is 35.5. The van der Waals surface area contributed by atoms with Gasteiger partial charge in [-0.3, -0.25) is 4.79 Å². The number of amides is 1. The Kier molecular flexibility index (Phi) is 6.93. The van der Waals surface area contributed by atoms with Crippen LogP contribution in [0, 0.1) is 5.41 Å². The number of nitrogens with zero attached hydrogens (tertiary/aromatic N) is 2. The molecule has 0 bridgehead atoms. The fourth-order valence-corrected chi connectivity index (χ4v) is 4.06. The van der Waals surface area contributed by atoms with Crippen molar-refractivity contribution in [3.63, 3.8) is 0 Å². The summed E-state index contributed by atoms with van der Waals surface area (Å²) >= 11 is 0. The lowest BCUT2D eigenvalue weighted by molar-refractivity contribution is -0.132. The number of ether oxygens (including phenoxy) is 1. The molecule has 1 atom stereocenters. The number of hydrogen-bond acceptors (Lipinski definition) is 4. The van der Waals surface area contributed by atoms with Gasteiger partial charge in [-0.1, -0.05) is 0 Å². The Morgan fingerprint density at radius 3 is 2.64 bits per heavy atom. The molecule has 3 aliphatic rings. The Labute approximate surface area is 140 Å². The second-order valence-electron chi connectivity index (χ2n) is 6.92. The summed E-state index contributed by atoms with van der Waals surface area (Å²) in [5, 5.41) is 3.30. The van der Waals surface area contributed by atoms with Crippen LogP contribution in [0.1, 0.15) is 32.1 Å². The SMILES string of the molecule is Cl.O=C(CCN1CCCC2(CCCOC2)C1)N1CCNCC1. The van der Waals surface area contributed by atoms with E-state index in [1.807, 2.05) is 4.90 Å². The summed E-state index contributed by atoms with van der Waals surface area (Å²) in [7, 11) is 0. The fraction of sp³-hybridized carbons (Fsp3) is 0.938. The van der Waals surface area contributed by atoms with Gasteiger partial charge in [0.15, 0.2) is 0 Å². The van der Waals surface area contributed by atoms with Crippen molar-refractivity contribution in [1.82, 2.24) is 15.1 Å². The summed E-state index contributed by atoms with van der Waals surface area (Å²) in [5.74, 6) is 0.330. The average molecular weight is 332 g/mol. The van der Waals surface area contributed by atoms with E-state index in [0.717, 1.165) is 59.0 Å². The molecule has 0 radical (unpaired) electrons. The fourth-order valence-electron chi connectivity index (χ4n) is 4.06. The maximum absolute atomic E-state index is 12.3. The number of carbonyl (C=O) groups is 1. The quantitative estimate of drug-likeness (QED) is 0.842. The minimum Gasteiger partial charge on any atom is -0.381 e.